The second kappa shape index (κ2) is 5.94. The molecular weight excluding hydrogens is 220 g/mol. The summed E-state index contributed by atoms with van der Waals surface area (Å²) in [5.74, 6) is 0.790. The predicted octanol–water partition coefficient (Wildman–Crippen LogP) is 4.79. The number of hydrogen-bond acceptors (Lipinski definition) is 1. The van der Waals surface area contributed by atoms with Crippen LogP contribution < -0.4 is 5.32 Å². The Labute approximate surface area is 110 Å². The second-order valence-corrected chi connectivity index (χ2v) is 5.28. The minimum atomic E-state index is 0.580. The summed E-state index contributed by atoms with van der Waals surface area (Å²) in [4.78, 5) is 3.23. The van der Waals surface area contributed by atoms with Crippen LogP contribution in [-0.2, 0) is 0 Å². The monoisotopic (exact) mass is 244 g/mol. The number of anilines is 1. The van der Waals surface area contributed by atoms with Gasteiger partial charge in [-0.2, -0.15) is 0 Å². The van der Waals surface area contributed by atoms with E-state index in [4.69, 9.17) is 0 Å². The van der Waals surface area contributed by atoms with Gasteiger partial charge in [0.05, 0.1) is 0 Å². The minimum Gasteiger partial charge on any atom is -0.382 e. The van der Waals surface area contributed by atoms with Gasteiger partial charge in [0.1, 0.15) is 0 Å². The largest absolute Gasteiger partial charge is 0.382 e. The average molecular weight is 244 g/mol. The summed E-state index contributed by atoms with van der Waals surface area (Å²) in [6.07, 6.45) is 5.67. The fourth-order valence-electron chi connectivity index (χ4n) is 2.36. The molecule has 0 bridgehead atoms. The summed E-state index contributed by atoms with van der Waals surface area (Å²) in [7, 11) is 0. The smallest absolute Gasteiger partial charge is 0.0455 e. The van der Waals surface area contributed by atoms with Gasteiger partial charge < -0.3 is 10.3 Å². The Hall–Kier alpha value is -1.44. The molecule has 2 atom stereocenters. The first-order valence-corrected chi connectivity index (χ1v) is 7.06. The molecule has 2 aromatic rings. The van der Waals surface area contributed by atoms with Gasteiger partial charge in [-0.25, -0.2) is 0 Å². The third-order valence-corrected chi connectivity index (χ3v) is 3.80. The molecular formula is C16H24N2. The lowest BCUT2D eigenvalue weighted by Crippen LogP contribution is -2.21. The number of hydrogen-bond donors (Lipinski definition) is 2. The van der Waals surface area contributed by atoms with Crippen LogP contribution >= 0.6 is 0 Å². The molecule has 0 fully saturated rings. The molecule has 98 valence electrons. The minimum absolute atomic E-state index is 0.580. The zero-order valence-electron chi connectivity index (χ0n) is 11.7. The third-order valence-electron chi connectivity index (χ3n) is 3.80. The summed E-state index contributed by atoms with van der Waals surface area (Å²) in [6, 6.07) is 9.24. The van der Waals surface area contributed by atoms with E-state index in [2.05, 4.69) is 55.3 Å². The summed E-state index contributed by atoms with van der Waals surface area (Å²) < 4.78 is 0. The normalized spacial score (nSPS) is 14.6. The summed E-state index contributed by atoms with van der Waals surface area (Å²) in [6.45, 7) is 6.86. The van der Waals surface area contributed by atoms with E-state index in [-0.39, 0.29) is 0 Å². The molecule has 18 heavy (non-hydrogen) atoms. The maximum Gasteiger partial charge on any atom is 0.0455 e. The van der Waals surface area contributed by atoms with Crippen LogP contribution in [0.3, 0.4) is 0 Å². The van der Waals surface area contributed by atoms with E-state index in [1.165, 1.54) is 35.9 Å². The Balaban J connectivity index is 2.06. The lowest BCUT2D eigenvalue weighted by molar-refractivity contribution is 0.462. The van der Waals surface area contributed by atoms with Crippen LogP contribution in [0.25, 0.3) is 10.9 Å². The van der Waals surface area contributed by atoms with Crippen LogP contribution in [0.1, 0.15) is 40.0 Å². The standard InChI is InChI=1S/C16H24N2/c1-4-12(3)10-14(5-2)18-15-6-7-16-13(11-15)8-9-17-16/h6-9,11-12,14,17-18H,4-5,10H2,1-3H3. The van der Waals surface area contributed by atoms with E-state index in [9.17, 15) is 0 Å². The van der Waals surface area contributed by atoms with Crippen molar-refractivity contribution >= 4 is 16.6 Å². The fraction of sp³-hybridized carbons (Fsp3) is 0.500. The quantitative estimate of drug-likeness (QED) is 0.751. The van der Waals surface area contributed by atoms with Crippen molar-refractivity contribution in [2.45, 2.75) is 46.1 Å². The van der Waals surface area contributed by atoms with Crippen molar-refractivity contribution in [3.63, 3.8) is 0 Å². The molecule has 1 aromatic carbocycles. The van der Waals surface area contributed by atoms with E-state index < -0.39 is 0 Å². The van der Waals surface area contributed by atoms with Crippen molar-refractivity contribution in [2.24, 2.45) is 5.92 Å². The Morgan fingerprint density at radius 1 is 1.17 bits per heavy atom. The van der Waals surface area contributed by atoms with Crippen LogP contribution in [0.2, 0.25) is 0 Å². The molecule has 0 spiro atoms. The van der Waals surface area contributed by atoms with E-state index >= 15 is 0 Å². The van der Waals surface area contributed by atoms with Gasteiger partial charge in [-0.1, -0.05) is 27.2 Å². The number of aromatic nitrogens is 1. The van der Waals surface area contributed by atoms with E-state index in [1.807, 2.05) is 6.20 Å². The zero-order chi connectivity index (χ0) is 13.0. The molecule has 2 rings (SSSR count). The first-order chi connectivity index (χ1) is 8.72. The predicted molar refractivity (Wildman–Crippen MR) is 80.1 cm³/mol. The first kappa shape index (κ1) is 13.0. The van der Waals surface area contributed by atoms with Gasteiger partial charge in [0.15, 0.2) is 0 Å². The maximum absolute atomic E-state index is 3.66. The number of nitrogens with one attached hydrogen (secondary N) is 2. The summed E-state index contributed by atoms with van der Waals surface area (Å²) in [5, 5.41) is 4.94. The molecule has 0 aliphatic heterocycles. The fourth-order valence-corrected chi connectivity index (χ4v) is 2.36. The molecule has 2 N–H and O–H groups in total. The molecule has 0 radical (unpaired) electrons. The van der Waals surface area contributed by atoms with Gasteiger partial charge in [-0.15, -0.1) is 0 Å². The van der Waals surface area contributed by atoms with E-state index in [0.717, 1.165) is 5.92 Å². The molecule has 0 aliphatic rings. The Kier molecular flexibility index (Phi) is 4.29. The van der Waals surface area contributed by atoms with Crippen molar-refractivity contribution in [2.75, 3.05) is 5.32 Å². The molecule has 1 aromatic heterocycles. The number of fused-ring (bicyclic) bond motifs is 1. The number of rotatable bonds is 6. The van der Waals surface area contributed by atoms with Crippen LogP contribution in [0.15, 0.2) is 30.5 Å². The van der Waals surface area contributed by atoms with Gasteiger partial charge >= 0.3 is 0 Å². The van der Waals surface area contributed by atoms with Crippen molar-refractivity contribution in [3.8, 4) is 0 Å². The zero-order valence-corrected chi connectivity index (χ0v) is 11.7. The van der Waals surface area contributed by atoms with Gasteiger partial charge in [0, 0.05) is 28.8 Å². The molecule has 2 heteroatoms. The molecule has 0 amide bonds. The lowest BCUT2D eigenvalue weighted by Gasteiger charge is -2.21. The van der Waals surface area contributed by atoms with E-state index in [1.54, 1.807) is 0 Å². The van der Waals surface area contributed by atoms with Crippen molar-refractivity contribution < 1.29 is 0 Å². The molecule has 2 unspecified atom stereocenters. The van der Waals surface area contributed by atoms with Gasteiger partial charge in [-0.05, 0) is 43.0 Å². The van der Waals surface area contributed by atoms with Crippen LogP contribution in [-0.4, -0.2) is 11.0 Å². The Bertz CT molecular complexity index is 487. The second-order valence-electron chi connectivity index (χ2n) is 5.28. The number of H-pyrrole nitrogens is 1. The Morgan fingerprint density at radius 3 is 2.72 bits per heavy atom. The average Bonchev–Trinajstić information content (AvgIpc) is 2.85. The van der Waals surface area contributed by atoms with E-state index in [0.29, 0.717) is 6.04 Å². The summed E-state index contributed by atoms with van der Waals surface area (Å²) >= 11 is 0. The summed E-state index contributed by atoms with van der Waals surface area (Å²) in [5.41, 5.74) is 2.44. The molecule has 0 aliphatic carbocycles. The van der Waals surface area contributed by atoms with Gasteiger partial charge in [0.25, 0.3) is 0 Å². The number of benzene rings is 1. The molecule has 0 saturated carbocycles. The lowest BCUT2D eigenvalue weighted by atomic mass is 9.97. The highest BCUT2D eigenvalue weighted by atomic mass is 14.9. The highest BCUT2D eigenvalue weighted by Gasteiger charge is 2.10. The molecule has 2 nitrogen and oxygen atoms in total. The van der Waals surface area contributed by atoms with Gasteiger partial charge in [-0.3, -0.25) is 0 Å². The first-order valence-electron chi connectivity index (χ1n) is 7.06. The van der Waals surface area contributed by atoms with Crippen LogP contribution in [0.4, 0.5) is 5.69 Å². The highest BCUT2D eigenvalue weighted by Crippen LogP contribution is 2.21. The number of aromatic amines is 1. The van der Waals surface area contributed by atoms with Crippen molar-refractivity contribution in [1.82, 2.24) is 4.98 Å². The topological polar surface area (TPSA) is 27.8 Å². The molecule has 1 heterocycles. The van der Waals surface area contributed by atoms with Crippen molar-refractivity contribution in [3.05, 3.63) is 30.5 Å². The maximum atomic E-state index is 3.66. The SMILES string of the molecule is CCC(C)CC(CC)Nc1ccc2[nH]ccc2c1. The molecule has 0 saturated heterocycles. The van der Waals surface area contributed by atoms with Crippen LogP contribution in [0, 0.1) is 5.92 Å². The highest BCUT2D eigenvalue weighted by molar-refractivity contribution is 5.82. The van der Waals surface area contributed by atoms with Gasteiger partial charge in [0.2, 0.25) is 0 Å². The third kappa shape index (κ3) is 3.06. The Morgan fingerprint density at radius 2 is 2.00 bits per heavy atom. The van der Waals surface area contributed by atoms with Crippen molar-refractivity contribution in [1.29, 1.82) is 0 Å². The van der Waals surface area contributed by atoms with Crippen LogP contribution in [0.5, 0.6) is 0 Å².